The molecule has 0 radical (unpaired) electrons. The molecule has 6 rings (SSSR count). The molecule has 0 saturated heterocycles. The zero-order valence-corrected chi connectivity index (χ0v) is 22.5. The molecule has 1 aliphatic heterocycles. The number of aryl methyl sites for hydroxylation is 1. The van der Waals surface area contributed by atoms with Crippen LogP contribution < -0.4 is 5.32 Å². The van der Waals surface area contributed by atoms with Crippen LogP contribution in [0.1, 0.15) is 34.4 Å². The fourth-order valence-corrected chi connectivity index (χ4v) is 5.27. The lowest BCUT2D eigenvalue weighted by molar-refractivity contribution is -0.137. The van der Waals surface area contributed by atoms with Gasteiger partial charge in [-0.15, -0.1) is 16.4 Å². The van der Waals surface area contributed by atoms with Crippen molar-refractivity contribution in [2.24, 2.45) is 4.99 Å². The summed E-state index contributed by atoms with van der Waals surface area (Å²) in [5.41, 5.74) is 1.77. The number of aliphatic imine (C=N–C) groups is 1. The maximum absolute atomic E-state index is 14.8. The smallest absolute Gasteiger partial charge is 0.402 e. The molecule has 9 nitrogen and oxygen atoms in total. The Morgan fingerprint density at radius 3 is 2.50 bits per heavy atom. The van der Waals surface area contributed by atoms with Gasteiger partial charge in [0.2, 0.25) is 0 Å². The second-order valence-corrected chi connectivity index (χ2v) is 10.1. The third-order valence-corrected chi connectivity index (χ3v) is 7.53. The van der Waals surface area contributed by atoms with E-state index in [1.165, 1.54) is 24.5 Å². The number of ketones is 1. The molecule has 0 spiro atoms. The molecule has 3 aromatic heterocycles. The largest absolute Gasteiger partial charge is 0.443 e. The Kier molecular flexibility index (Phi) is 7.06. The molecule has 5 aromatic rings. The highest BCUT2D eigenvalue weighted by atomic mass is 32.1. The number of carbonyl (C=O) groups excluding carboxylic acids is 1. The van der Waals surface area contributed by atoms with Gasteiger partial charge in [0, 0.05) is 47.5 Å². The lowest BCUT2D eigenvalue weighted by Gasteiger charge is -2.11. The number of thiazole rings is 1. The molecular formula is C28H19F4N7O2S. The zero-order valence-electron chi connectivity index (χ0n) is 21.7. The summed E-state index contributed by atoms with van der Waals surface area (Å²) in [6, 6.07) is 13.2. The Bertz CT molecular complexity index is 1800. The van der Waals surface area contributed by atoms with Crippen molar-refractivity contribution >= 4 is 28.8 Å². The van der Waals surface area contributed by atoms with Crippen molar-refractivity contribution in [1.29, 1.82) is 0 Å². The maximum Gasteiger partial charge on any atom is 0.443 e. The standard InChI is InChI=1S/C28H19F4N7O2S/c1-2-20-33-12-15(13-34-20)23-22(36-26(42-23)28(30,31)32)25-38-39-27(41-25)37-24-19(40)11-17-16(9-6-10-18(17)29)21(35-24)14-7-4-3-5-8-14/h3-10,12-13,24H,2,11H2,1H3,(H,37,39)/t24-/m1/s1. The van der Waals surface area contributed by atoms with Gasteiger partial charge in [-0.05, 0) is 6.07 Å². The molecule has 0 aliphatic carbocycles. The summed E-state index contributed by atoms with van der Waals surface area (Å²) in [7, 11) is 0. The summed E-state index contributed by atoms with van der Waals surface area (Å²) in [5, 5.41) is 9.40. The molecule has 4 heterocycles. The SMILES string of the molecule is CCc1ncc(-c2sc(C(F)(F)F)nc2-c2nnc(N[C@H]3N=C(c4ccccc4)c4cccc(F)c4CC3=O)o2)cn1. The number of hydrogen-bond acceptors (Lipinski definition) is 10. The summed E-state index contributed by atoms with van der Waals surface area (Å²) in [5.74, 6) is -0.816. The van der Waals surface area contributed by atoms with Crippen LogP contribution in [0.5, 0.6) is 0 Å². The highest BCUT2D eigenvalue weighted by Gasteiger charge is 2.38. The minimum atomic E-state index is -4.72. The quantitative estimate of drug-likeness (QED) is 0.247. The molecule has 0 unspecified atom stereocenters. The average molecular weight is 594 g/mol. The van der Waals surface area contributed by atoms with Gasteiger partial charge in [0.1, 0.15) is 17.3 Å². The second kappa shape index (κ2) is 10.9. The third kappa shape index (κ3) is 5.28. The summed E-state index contributed by atoms with van der Waals surface area (Å²) in [6.07, 6.45) is -2.88. The molecule has 0 fully saturated rings. The van der Waals surface area contributed by atoms with Gasteiger partial charge in [0.25, 0.3) is 5.89 Å². The lowest BCUT2D eigenvalue weighted by Crippen LogP contribution is -2.29. The third-order valence-electron chi connectivity index (χ3n) is 6.38. The average Bonchev–Trinajstić information content (AvgIpc) is 3.61. The Morgan fingerprint density at radius 2 is 1.79 bits per heavy atom. The van der Waals surface area contributed by atoms with Crippen LogP contribution in [0.2, 0.25) is 0 Å². The van der Waals surface area contributed by atoms with Gasteiger partial charge in [-0.3, -0.25) is 9.79 Å². The van der Waals surface area contributed by atoms with Gasteiger partial charge in [0.05, 0.1) is 10.6 Å². The first-order chi connectivity index (χ1) is 20.2. The van der Waals surface area contributed by atoms with Gasteiger partial charge in [-0.2, -0.15) is 13.2 Å². The van der Waals surface area contributed by atoms with Crippen LogP contribution in [0.3, 0.4) is 0 Å². The molecule has 0 bridgehead atoms. The van der Waals surface area contributed by atoms with Gasteiger partial charge in [-0.25, -0.2) is 19.3 Å². The van der Waals surface area contributed by atoms with Gasteiger partial charge in [-0.1, -0.05) is 54.5 Å². The van der Waals surface area contributed by atoms with Gasteiger partial charge in [0.15, 0.2) is 17.0 Å². The topological polar surface area (TPSA) is 119 Å². The molecular weight excluding hydrogens is 574 g/mol. The number of alkyl halides is 3. The summed E-state index contributed by atoms with van der Waals surface area (Å²) >= 11 is 0.392. The van der Waals surface area contributed by atoms with Crippen molar-refractivity contribution in [1.82, 2.24) is 25.1 Å². The van der Waals surface area contributed by atoms with Crippen LogP contribution in [-0.2, 0) is 23.8 Å². The normalized spacial score (nSPS) is 15.2. The summed E-state index contributed by atoms with van der Waals surface area (Å²) in [6.45, 7) is 1.85. The van der Waals surface area contributed by atoms with E-state index in [1.54, 1.807) is 30.3 Å². The predicted octanol–water partition coefficient (Wildman–Crippen LogP) is 5.77. The zero-order chi connectivity index (χ0) is 29.4. The number of aromatic nitrogens is 5. The number of anilines is 1. The van der Waals surface area contributed by atoms with E-state index in [1.807, 2.05) is 13.0 Å². The number of hydrogen-bond donors (Lipinski definition) is 1. The van der Waals surface area contributed by atoms with Crippen LogP contribution >= 0.6 is 11.3 Å². The van der Waals surface area contributed by atoms with Crippen molar-refractivity contribution < 1.29 is 26.8 Å². The molecule has 0 saturated carbocycles. The lowest BCUT2D eigenvalue weighted by atomic mass is 9.95. The van der Waals surface area contributed by atoms with Crippen molar-refractivity contribution in [3.05, 3.63) is 94.3 Å². The van der Waals surface area contributed by atoms with E-state index in [4.69, 9.17) is 4.42 Å². The monoisotopic (exact) mass is 593 g/mol. The van der Waals surface area contributed by atoms with Crippen LogP contribution in [0.15, 0.2) is 70.3 Å². The first-order valence-corrected chi connectivity index (χ1v) is 13.5. The molecule has 42 heavy (non-hydrogen) atoms. The molecule has 1 aliphatic rings. The van der Waals surface area contributed by atoms with Crippen molar-refractivity contribution in [3.63, 3.8) is 0 Å². The first kappa shape index (κ1) is 27.3. The van der Waals surface area contributed by atoms with Crippen molar-refractivity contribution in [3.8, 4) is 22.0 Å². The van der Waals surface area contributed by atoms with Crippen molar-refractivity contribution in [2.75, 3.05) is 5.32 Å². The van der Waals surface area contributed by atoms with E-state index in [0.29, 0.717) is 46.0 Å². The number of nitrogens with zero attached hydrogens (tertiary/aromatic N) is 6. The van der Waals surface area contributed by atoms with E-state index >= 15 is 0 Å². The molecule has 1 atom stereocenters. The highest BCUT2D eigenvalue weighted by molar-refractivity contribution is 7.15. The Morgan fingerprint density at radius 1 is 1.02 bits per heavy atom. The molecule has 2 aromatic carbocycles. The molecule has 1 N–H and O–H groups in total. The number of Topliss-reactive ketones (excluding diaryl/α,β-unsaturated/α-hetero) is 1. The van der Waals surface area contributed by atoms with E-state index in [-0.39, 0.29) is 34.5 Å². The number of carbonyl (C=O) groups is 1. The van der Waals surface area contributed by atoms with E-state index < -0.39 is 29.0 Å². The molecule has 212 valence electrons. The molecule has 0 amide bonds. The Hall–Kier alpha value is -4.85. The Labute approximate surface area is 239 Å². The van der Waals surface area contributed by atoms with Gasteiger partial charge >= 0.3 is 12.2 Å². The summed E-state index contributed by atoms with van der Waals surface area (Å²) in [4.78, 5) is 29.9. The first-order valence-electron chi connectivity index (χ1n) is 12.6. The van der Waals surface area contributed by atoms with Crippen LogP contribution in [0, 0.1) is 5.82 Å². The minimum absolute atomic E-state index is 0.0843. The minimum Gasteiger partial charge on any atom is -0.402 e. The maximum atomic E-state index is 14.8. The fraction of sp³-hybridized carbons (Fsp3) is 0.179. The predicted molar refractivity (Wildman–Crippen MR) is 145 cm³/mol. The number of fused-ring (bicyclic) bond motifs is 1. The number of nitrogens with one attached hydrogen (secondary N) is 1. The Balaban J connectivity index is 1.37. The van der Waals surface area contributed by atoms with Gasteiger partial charge < -0.3 is 9.73 Å². The van der Waals surface area contributed by atoms with Crippen LogP contribution in [-0.4, -0.2) is 42.8 Å². The fourth-order valence-electron chi connectivity index (χ4n) is 4.37. The van der Waals surface area contributed by atoms with E-state index in [2.05, 4.69) is 35.5 Å². The van der Waals surface area contributed by atoms with E-state index in [0.717, 1.165) is 0 Å². The van der Waals surface area contributed by atoms with Crippen molar-refractivity contribution in [2.45, 2.75) is 32.1 Å². The highest BCUT2D eigenvalue weighted by Crippen LogP contribution is 2.42. The van der Waals surface area contributed by atoms with Crippen LogP contribution in [0.4, 0.5) is 23.6 Å². The number of halogens is 4. The second-order valence-electron chi connectivity index (χ2n) is 9.15. The number of benzene rings is 2. The number of rotatable bonds is 6. The van der Waals surface area contributed by atoms with E-state index in [9.17, 15) is 22.4 Å². The summed E-state index contributed by atoms with van der Waals surface area (Å²) < 4.78 is 61.3. The molecule has 14 heteroatoms. The van der Waals surface area contributed by atoms with Crippen LogP contribution in [0.25, 0.3) is 22.0 Å².